The Hall–Kier alpha value is -2.44. The number of rotatable bonds is 3. The Bertz CT molecular complexity index is 631. The summed E-state index contributed by atoms with van der Waals surface area (Å²) >= 11 is 0. The minimum atomic E-state index is -0.133. The SMILES string of the molecule is Cc1nccnc1N1CC(NC(=O)c2ccn(C)n2)C1. The van der Waals surface area contributed by atoms with E-state index in [1.54, 1.807) is 36.4 Å². The molecule has 20 heavy (non-hydrogen) atoms. The molecular weight excluding hydrogens is 256 g/mol. The van der Waals surface area contributed by atoms with Crippen molar-refractivity contribution < 1.29 is 4.79 Å². The lowest BCUT2D eigenvalue weighted by Gasteiger charge is -2.40. The molecule has 0 bridgehead atoms. The van der Waals surface area contributed by atoms with Crippen molar-refractivity contribution in [3.8, 4) is 0 Å². The zero-order valence-electron chi connectivity index (χ0n) is 11.4. The fraction of sp³-hybridized carbons (Fsp3) is 0.385. The lowest BCUT2D eigenvalue weighted by Crippen LogP contribution is -2.60. The summed E-state index contributed by atoms with van der Waals surface area (Å²) in [6, 6.07) is 1.84. The van der Waals surface area contributed by atoms with E-state index in [-0.39, 0.29) is 11.9 Å². The summed E-state index contributed by atoms with van der Waals surface area (Å²) in [6.45, 7) is 3.43. The molecule has 7 heteroatoms. The first-order valence-electron chi connectivity index (χ1n) is 6.46. The molecular formula is C13H16N6O. The third-order valence-corrected chi connectivity index (χ3v) is 3.32. The van der Waals surface area contributed by atoms with Crippen LogP contribution in [-0.4, -0.2) is 44.8 Å². The number of aryl methyl sites for hydroxylation is 2. The maximum absolute atomic E-state index is 11.9. The van der Waals surface area contributed by atoms with E-state index in [1.807, 2.05) is 6.92 Å². The second kappa shape index (κ2) is 4.92. The number of nitrogens with zero attached hydrogens (tertiary/aromatic N) is 5. The van der Waals surface area contributed by atoms with E-state index in [1.165, 1.54) is 0 Å². The van der Waals surface area contributed by atoms with Crippen LogP contribution in [0.5, 0.6) is 0 Å². The molecule has 0 saturated carbocycles. The Morgan fingerprint density at radius 2 is 2.10 bits per heavy atom. The van der Waals surface area contributed by atoms with Gasteiger partial charge in [0.15, 0.2) is 0 Å². The van der Waals surface area contributed by atoms with Crippen LogP contribution in [0, 0.1) is 6.92 Å². The highest BCUT2D eigenvalue weighted by atomic mass is 16.2. The average molecular weight is 272 g/mol. The zero-order chi connectivity index (χ0) is 14.1. The largest absolute Gasteiger partial charge is 0.351 e. The number of carbonyl (C=O) groups excluding carboxylic acids is 1. The number of hydrogen-bond donors (Lipinski definition) is 1. The summed E-state index contributed by atoms with van der Waals surface area (Å²) in [6.07, 6.45) is 5.12. The summed E-state index contributed by atoms with van der Waals surface area (Å²) in [7, 11) is 1.79. The van der Waals surface area contributed by atoms with Gasteiger partial charge in [-0.1, -0.05) is 0 Å². The van der Waals surface area contributed by atoms with Crippen LogP contribution >= 0.6 is 0 Å². The molecule has 1 amide bonds. The number of carbonyl (C=O) groups is 1. The highest BCUT2D eigenvalue weighted by molar-refractivity contribution is 5.92. The third kappa shape index (κ3) is 2.34. The van der Waals surface area contributed by atoms with Gasteiger partial charge in [-0.15, -0.1) is 0 Å². The molecule has 1 fully saturated rings. The van der Waals surface area contributed by atoms with Crippen LogP contribution < -0.4 is 10.2 Å². The average Bonchev–Trinajstić information content (AvgIpc) is 2.81. The van der Waals surface area contributed by atoms with Gasteiger partial charge in [0.25, 0.3) is 5.91 Å². The van der Waals surface area contributed by atoms with Gasteiger partial charge in [-0.05, 0) is 13.0 Å². The van der Waals surface area contributed by atoms with Crippen molar-refractivity contribution in [3.05, 3.63) is 36.0 Å². The van der Waals surface area contributed by atoms with Gasteiger partial charge in [-0.3, -0.25) is 14.5 Å². The molecule has 104 valence electrons. The van der Waals surface area contributed by atoms with Crippen molar-refractivity contribution in [2.75, 3.05) is 18.0 Å². The summed E-state index contributed by atoms with van der Waals surface area (Å²) in [5.74, 6) is 0.752. The molecule has 0 unspecified atom stereocenters. The fourth-order valence-electron chi connectivity index (χ4n) is 2.25. The summed E-state index contributed by atoms with van der Waals surface area (Å²) in [5, 5.41) is 7.04. The van der Waals surface area contributed by atoms with E-state index in [0.717, 1.165) is 24.6 Å². The van der Waals surface area contributed by atoms with E-state index in [2.05, 4.69) is 25.3 Å². The number of amides is 1. The van der Waals surface area contributed by atoms with Crippen LogP contribution in [0.2, 0.25) is 0 Å². The first-order chi connectivity index (χ1) is 9.63. The number of hydrogen-bond acceptors (Lipinski definition) is 5. The van der Waals surface area contributed by atoms with Gasteiger partial charge in [-0.25, -0.2) is 4.98 Å². The molecule has 1 aliphatic heterocycles. The van der Waals surface area contributed by atoms with Crippen LogP contribution in [0.3, 0.4) is 0 Å². The van der Waals surface area contributed by atoms with Crippen LogP contribution in [0.1, 0.15) is 16.2 Å². The molecule has 3 heterocycles. The molecule has 1 aliphatic rings. The minimum absolute atomic E-state index is 0.130. The number of anilines is 1. The number of aromatic nitrogens is 4. The lowest BCUT2D eigenvalue weighted by atomic mass is 10.1. The van der Waals surface area contributed by atoms with Crippen molar-refractivity contribution in [2.45, 2.75) is 13.0 Å². The van der Waals surface area contributed by atoms with Crippen molar-refractivity contribution in [3.63, 3.8) is 0 Å². The van der Waals surface area contributed by atoms with Crippen molar-refractivity contribution >= 4 is 11.7 Å². The predicted molar refractivity (Wildman–Crippen MR) is 73.4 cm³/mol. The lowest BCUT2D eigenvalue weighted by molar-refractivity contribution is 0.0924. The molecule has 0 spiro atoms. The Balaban J connectivity index is 1.56. The Morgan fingerprint density at radius 1 is 1.35 bits per heavy atom. The van der Waals surface area contributed by atoms with E-state index >= 15 is 0 Å². The summed E-state index contributed by atoms with van der Waals surface area (Å²) in [4.78, 5) is 22.6. The van der Waals surface area contributed by atoms with Gasteiger partial charge in [-0.2, -0.15) is 5.10 Å². The Labute approximate surface area is 116 Å². The van der Waals surface area contributed by atoms with Gasteiger partial charge in [0.2, 0.25) is 0 Å². The molecule has 0 radical (unpaired) electrons. The molecule has 1 saturated heterocycles. The second-order valence-electron chi connectivity index (χ2n) is 4.92. The smallest absolute Gasteiger partial charge is 0.272 e. The second-order valence-corrected chi connectivity index (χ2v) is 4.92. The van der Waals surface area contributed by atoms with Gasteiger partial charge in [0, 0.05) is 38.7 Å². The molecule has 0 aliphatic carbocycles. The van der Waals surface area contributed by atoms with Crippen molar-refractivity contribution in [2.24, 2.45) is 7.05 Å². The van der Waals surface area contributed by atoms with Crippen molar-refractivity contribution in [1.82, 2.24) is 25.1 Å². The molecule has 7 nitrogen and oxygen atoms in total. The quantitative estimate of drug-likeness (QED) is 0.860. The van der Waals surface area contributed by atoms with E-state index in [9.17, 15) is 4.79 Å². The van der Waals surface area contributed by atoms with Crippen molar-refractivity contribution in [1.29, 1.82) is 0 Å². The molecule has 0 aromatic carbocycles. The number of nitrogens with one attached hydrogen (secondary N) is 1. The summed E-state index contributed by atoms with van der Waals surface area (Å²) < 4.78 is 1.62. The molecule has 3 rings (SSSR count). The van der Waals surface area contributed by atoms with Crippen LogP contribution in [0.25, 0.3) is 0 Å². The molecule has 2 aromatic rings. The maximum atomic E-state index is 11.9. The van der Waals surface area contributed by atoms with Crippen LogP contribution in [0.4, 0.5) is 5.82 Å². The minimum Gasteiger partial charge on any atom is -0.351 e. The van der Waals surface area contributed by atoms with Crippen LogP contribution in [-0.2, 0) is 7.05 Å². The first-order valence-corrected chi connectivity index (χ1v) is 6.46. The highest BCUT2D eigenvalue weighted by Crippen LogP contribution is 2.20. The third-order valence-electron chi connectivity index (χ3n) is 3.32. The van der Waals surface area contributed by atoms with Gasteiger partial charge < -0.3 is 10.2 Å². The highest BCUT2D eigenvalue weighted by Gasteiger charge is 2.30. The van der Waals surface area contributed by atoms with Crippen LogP contribution in [0.15, 0.2) is 24.7 Å². The van der Waals surface area contributed by atoms with Gasteiger partial charge in [0.05, 0.1) is 11.7 Å². The van der Waals surface area contributed by atoms with Gasteiger partial charge in [0.1, 0.15) is 11.5 Å². The molecule has 0 atom stereocenters. The fourth-order valence-corrected chi connectivity index (χ4v) is 2.25. The molecule has 1 N–H and O–H groups in total. The Morgan fingerprint density at radius 3 is 2.75 bits per heavy atom. The van der Waals surface area contributed by atoms with E-state index in [0.29, 0.717) is 5.69 Å². The van der Waals surface area contributed by atoms with E-state index in [4.69, 9.17) is 0 Å². The maximum Gasteiger partial charge on any atom is 0.272 e. The summed E-state index contributed by atoms with van der Waals surface area (Å²) in [5.41, 5.74) is 1.35. The normalized spacial score (nSPS) is 15.0. The topological polar surface area (TPSA) is 75.9 Å². The standard InChI is InChI=1S/C13H16N6O/c1-9-12(15-5-4-14-9)19-7-10(8-19)16-13(20)11-3-6-18(2)17-11/h3-6,10H,7-8H2,1-2H3,(H,16,20). The predicted octanol–water partition coefficient (Wildman–Crippen LogP) is 0.137. The van der Waals surface area contributed by atoms with Gasteiger partial charge >= 0.3 is 0 Å². The molecule has 2 aromatic heterocycles. The first kappa shape index (κ1) is 12.6. The Kier molecular flexibility index (Phi) is 3.09. The zero-order valence-corrected chi connectivity index (χ0v) is 11.4. The monoisotopic (exact) mass is 272 g/mol. The van der Waals surface area contributed by atoms with E-state index < -0.39 is 0 Å².